The number of hydrogen-bond acceptors (Lipinski definition) is 3. The molecule has 11 rings (SSSR count). The fraction of sp³-hybridized carbons (Fsp3) is 0.0185. The van der Waals surface area contributed by atoms with E-state index in [2.05, 4.69) is 193 Å². The van der Waals surface area contributed by atoms with Crippen molar-refractivity contribution in [3.05, 3.63) is 234 Å². The lowest BCUT2D eigenvalue weighted by Gasteiger charge is -2.40. The van der Waals surface area contributed by atoms with Crippen LogP contribution in [0.15, 0.2) is 206 Å². The number of benzene rings is 9. The van der Waals surface area contributed by atoms with Gasteiger partial charge in [-0.3, -0.25) is 0 Å². The number of para-hydroxylation sites is 1. The molecule has 0 aromatic heterocycles. The van der Waals surface area contributed by atoms with Gasteiger partial charge in [0.2, 0.25) is 0 Å². The maximum Gasteiger partial charge on any atom is 0.140 e. The summed E-state index contributed by atoms with van der Waals surface area (Å²) in [6.07, 6.45) is 0. The van der Waals surface area contributed by atoms with Crippen LogP contribution in [0.25, 0.3) is 44.2 Å². The highest BCUT2D eigenvalue weighted by atomic mass is 16.5. The molecule has 0 fully saturated rings. The van der Waals surface area contributed by atoms with Crippen LogP contribution in [0, 0.1) is 11.3 Å². The number of fused-ring (bicyclic) bond motifs is 11. The average Bonchev–Trinajstić information content (AvgIpc) is 3.57. The molecular formula is C54H34N2O. The molecule has 0 radical (unpaired) electrons. The van der Waals surface area contributed by atoms with Crippen LogP contribution >= 0.6 is 0 Å². The molecule has 0 saturated heterocycles. The van der Waals surface area contributed by atoms with Gasteiger partial charge in [-0.25, -0.2) is 0 Å². The molecular weight excluding hydrogens is 693 g/mol. The minimum atomic E-state index is -0.613. The molecule has 1 aliphatic carbocycles. The van der Waals surface area contributed by atoms with Gasteiger partial charge in [0.05, 0.1) is 17.0 Å². The average molecular weight is 727 g/mol. The van der Waals surface area contributed by atoms with Crippen molar-refractivity contribution in [2.75, 3.05) is 4.90 Å². The van der Waals surface area contributed by atoms with Crippen LogP contribution in [0.1, 0.15) is 27.8 Å². The van der Waals surface area contributed by atoms with Crippen molar-refractivity contribution in [1.29, 1.82) is 5.26 Å². The molecule has 57 heavy (non-hydrogen) atoms. The lowest BCUT2D eigenvalue weighted by molar-refractivity contribution is 0.441. The van der Waals surface area contributed by atoms with Crippen LogP contribution < -0.4 is 9.64 Å². The van der Waals surface area contributed by atoms with Crippen molar-refractivity contribution in [3.63, 3.8) is 0 Å². The molecule has 0 saturated carbocycles. The second-order valence-electron chi connectivity index (χ2n) is 14.8. The van der Waals surface area contributed by atoms with Gasteiger partial charge in [-0.2, -0.15) is 5.26 Å². The largest absolute Gasteiger partial charge is 0.456 e. The highest BCUT2D eigenvalue weighted by Gasteiger charge is 2.51. The molecule has 1 unspecified atom stereocenters. The van der Waals surface area contributed by atoms with E-state index in [4.69, 9.17) is 4.74 Å². The Hall–Kier alpha value is -7.67. The third-order valence-electron chi connectivity index (χ3n) is 11.8. The summed E-state index contributed by atoms with van der Waals surface area (Å²) < 4.78 is 6.91. The van der Waals surface area contributed by atoms with Gasteiger partial charge in [0.15, 0.2) is 0 Å². The van der Waals surface area contributed by atoms with Gasteiger partial charge in [0, 0.05) is 33.6 Å². The van der Waals surface area contributed by atoms with E-state index >= 15 is 0 Å². The first-order chi connectivity index (χ1) is 28.2. The van der Waals surface area contributed by atoms with E-state index in [1.807, 2.05) is 24.3 Å². The first kappa shape index (κ1) is 32.7. The lowest BCUT2D eigenvalue weighted by Crippen LogP contribution is -2.32. The SMILES string of the molecule is N#Cc1ccc(-c2ccc(N(c3ccc(-c4ccccc4)cc3)c3ccc4c(c3)C3(c5ccccc5Oc5c3ccc3ccccc53)c3ccccc3-4)cc2)cc1. The summed E-state index contributed by atoms with van der Waals surface area (Å²) in [5, 5.41) is 11.6. The molecule has 0 bridgehead atoms. The van der Waals surface area contributed by atoms with E-state index in [0.717, 1.165) is 61.6 Å². The fourth-order valence-electron chi connectivity index (χ4n) is 9.18. The molecule has 1 atom stereocenters. The van der Waals surface area contributed by atoms with Gasteiger partial charge >= 0.3 is 0 Å². The second-order valence-corrected chi connectivity index (χ2v) is 14.8. The molecule has 1 aliphatic heterocycles. The number of rotatable bonds is 5. The van der Waals surface area contributed by atoms with Crippen molar-refractivity contribution < 1.29 is 4.74 Å². The quantitative estimate of drug-likeness (QED) is 0.177. The fourth-order valence-corrected chi connectivity index (χ4v) is 9.18. The summed E-state index contributed by atoms with van der Waals surface area (Å²) in [5.41, 5.74) is 15.0. The molecule has 9 aromatic carbocycles. The zero-order valence-electron chi connectivity index (χ0n) is 30.9. The Morgan fingerprint density at radius 3 is 1.70 bits per heavy atom. The number of anilines is 3. The van der Waals surface area contributed by atoms with Crippen LogP contribution in [-0.2, 0) is 5.41 Å². The van der Waals surface area contributed by atoms with E-state index in [9.17, 15) is 5.26 Å². The van der Waals surface area contributed by atoms with Crippen LogP contribution in [0.2, 0.25) is 0 Å². The van der Waals surface area contributed by atoms with Gasteiger partial charge in [0.25, 0.3) is 0 Å². The van der Waals surface area contributed by atoms with Crippen molar-refractivity contribution in [3.8, 4) is 50.9 Å². The lowest BCUT2D eigenvalue weighted by atomic mass is 9.65. The van der Waals surface area contributed by atoms with Crippen molar-refractivity contribution in [2.45, 2.75) is 5.41 Å². The number of ether oxygens (including phenoxy) is 1. The molecule has 9 aromatic rings. The minimum Gasteiger partial charge on any atom is -0.456 e. The molecule has 3 nitrogen and oxygen atoms in total. The number of hydrogen-bond donors (Lipinski definition) is 0. The standard InChI is InChI=1S/C54H34N2O/c55-35-36-18-20-38(21-19-36)40-24-29-43(30-25-40)56(42-27-22-39(23-28-42)37-10-2-1-3-11-37)44-31-32-47-46-14-6-7-15-48(46)54(51(47)34-44)49-16-8-9-17-52(49)57-53-45-13-5-4-12-41(45)26-33-50(53)54/h1-34H. The summed E-state index contributed by atoms with van der Waals surface area (Å²) in [6, 6.07) is 75.6. The van der Waals surface area contributed by atoms with E-state index < -0.39 is 5.41 Å². The molecule has 2 aliphatic rings. The Morgan fingerprint density at radius 2 is 0.982 bits per heavy atom. The molecule has 0 N–H and O–H groups in total. The van der Waals surface area contributed by atoms with E-state index in [1.54, 1.807) is 0 Å². The topological polar surface area (TPSA) is 36.3 Å². The van der Waals surface area contributed by atoms with Crippen LogP contribution in [0.3, 0.4) is 0 Å². The Morgan fingerprint density at radius 1 is 0.421 bits per heavy atom. The van der Waals surface area contributed by atoms with Crippen molar-refractivity contribution in [1.82, 2.24) is 0 Å². The predicted molar refractivity (Wildman–Crippen MR) is 232 cm³/mol. The summed E-state index contributed by atoms with van der Waals surface area (Å²) in [4.78, 5) is 2.36. The van der Waals surface area contributed by atoms with Gasteiger partial charge in [0.1, 0.15) is 11.5 Å². The van der Waals surface area contributed by atoms with Gasteiger partial charge < -0.3 is 9.64 Å². The smallest absolute Gasteiger partial charge is 0.140 e. The van der Waals surface area contributed by atoms with Crippen molar-refractivity contribution in [2.24, 2.45) is 0 Å². The Balaban J connectivity index is 1.13. The molecule has 3 heteroatoms. The van der Waals surface area contributed by atoms with Crippen LogP contribution in [0.5, 0.6) is 11.5 Å². The van der Waals surface area contributed by atoms with Gasteiger partial charge in [-0.15, -0.1) is 0 Å². The molecule has 266 valence electrons. The predicted octanol–water partition coefficient (Wildman–Crippen LogP) is 14.0. The third-order valence-corrected chi connectivity index (χ3v) is 11.8. The monoisotopic (exact) mass is 726 g/mol. The normalized spacial score (nSPS) is 14.5. The van der Waals surface area contributed by atoms with Crippen LogP contribution in [0.4, 0.5) is 17.1 Å². The maximum atomic E-state index is 9.36. The highest BCUT2D eigenvalue weighted by Crippen LogP contribution is 2.63. The summed E-state index contributed by atoms with van der Waals surface area (Å²) in [7, 11) is 0. The molecule has 1 spiro atoms. The Kier molecular flexibility index (Phi) is 7.45. The number of nitriles is 1. The molecule has 0 amide bonds. The third kappa shape index (κ3) is 5.05. The van der Waals surface area contributed by atoms with Gasteiger partial charge in [-0.1, -0.05) is 152 Å². The minimum absolute atomic E-state index is 0.613. The maximum absolute atomic E-state index is 9.36. The Labute approximate surface area is 331 Å². The first-order valence-electron chi connectivity index (χ1n) is 19.3. The first-order valence-corrected chi connectivity index (χ1v) is 19.3. The van der Waals surface area contributed by atoms with E-state index in [1.165, 1.54) is 33.4 Å². The Bertz CT molecular complexity index is 3030. The van der Waals surface area contributed by atoms with Crippen molar-refractivity contribution >= 4 is 27.8 Å². The zero-order chi connectivity index (χ0) is 37.9. The summed E-state index contributed by atoms with van der Waals surface area (Å²) in [5.74, 6) is 1.78. The van der Waals surface area contributed by atoms with E-state index in [-0.39, 0.29) is 0 Å². The number of nitrogens with zero attached hydrogens (tertiary/aromatic N) is 2. The zero-order valence-corrected chi connectivity index (χ0v) is 30.9. The summed E-state index contributed by atoms with van der Waals surface area (Å²) in [6.45, 7) is 0. The van der Waals surface area contributed by atoms with E-state index in [0.29, 0.717) is 5.56 Å². The van der Waals surface area contributed by atoms with Gasteiger partial charge in [-0.05, 0) is 104 Å². The highest BCUT2D eigenvalue weighted by molar-refractivity contribution is 5.96. The second kappa shape index (κ2) is 13.0. The molecule has 1 heterocycles. The summed E-state index contributed by atoms with van der Waals surface area (Å²) >= 11 is 0. The van der Waals surface area contributed by atoms with Crippen LogP contribution in [-0.4, -0.2) is 0 Å².